The largest absolute Gasteiger partial charge is 0.468 e. The molecule has 1 aliphatic rings. The van der Waals surface area contributed by atoms with Gasteiger partial charge < -0.3 is 9.47 Å². The lowest BCUT2D eigenvalue weighted by Gasteiger charge is -2.22. The fourth-order valence-electron chi connectivity index (χ4n) is 3.18. The van der Waals surface area contributed by atoms with Crippen LogP contribution in [0.2, 0.25) is 0 Å². The molecule has 0 amide bonds. The molecule has 7 heteroatoms. The number of nitro benzene ring substituents is 1. The molecule has 0 saturated carbocycles. The Morgan fingerprint density at radius 3 is 2.08 bits per heavy atom. The van der Waals surface area contributed by atoms with Crippen molar-refractivity contribution in [1.29, 1.82) is 0 Å². The van der Waals surface area contributed by atoms with Gasteiger partial charge in [0.15, 0.2) is 0 Å². The van der Waals surface area contributed by atoms with Crippen molar-refractivity contribution in [2.24, 2.45) is 0 Å². The van der Waals surface area contributed by atoms with Crippen molar-refractivity contribution in [2.45, 2.75) is 5.41 Å². The second kappa shape index (κ2) is 6.44. The van der Waals surface area contributed by atoms with Gasteiger partial charge in [0.2, 0.25) is 5.41 Å². The van der Waals surface area contributed by atoms with Crippen molar-refractivity contribution < 1.29 is 24.0 Å². The molecule has 0 fully saturated rings. The summed E-state index contributed by atoms with van der Waals surface area (Å²) in [6, 6.07) is 12.8. The summed E-state index contributed by atoms with van der Waals surface area (Å²) < 4.78 is 9.76. The van der Waals surface area contributed by atoms with E-state index < -0.39 is 22.3 Å². The Labute approximate surface area is 149 Å². The molecule has 0 aromatic heterocycles. The van der Waals surface area contributed by atoms with Crippen LogP contribution < -0.4 is 0 Å². The van der Waals surface area contributed by atoms with Crippen LogP contribution in [0.25, 0.3) is 5.57 Å². The Balaban J connectivity index is 2.24. The number of carbonyl (C=O) groups is 2. The Hall–Kier alpha value is -3.48. The highest BCUT2D eigenvalue weighted by Crippen LogP contribution is 2.45. The van der Waals surface area contributed by atoms with E-state index in [1.165, 1.54) is 32.4 Å². The molecule has 26 heavy (non-hydrogen) atoms. The van der Waals surface area contributed by atoms with Gasteiger partial charge in [-0.1, -0.05) is 24.3 Å². The molecule has 0 bridgehead atoms. The number of esters is 2. The van der Waals surface area contributed by atoms with E-state index in [1.54, 1.807) is 36.4 Å². The lowest BCUT2D eigenvalue weighted by molar-refractivity contribution is -0.384. The van der Waals surface area contributed by atoms with E-state index in [-0.39, 0.29) is 5.69 Å². The number of fused-ring (bicyclic) bond motifs is 1. The molecule has 0 unspecified atom stereocenters. The quantitative estimate of drug-likeness (QED) is 0.363. The third-order valence-electron chi connectivity index (χ3n) is 4.41. The van der Waals surface area contributed by atoms with Crippen molar-refractivity contribution in [1.82, 2.24) is 0 Å². The van der Waals surface area contributed by atoms with Crippen LogP contribution in [0.5, 0.6) is 0 Å². The average Bonchev–Trinajstić information content (AvgIpc) is 3.03. The van der Waals surface area contributed by atoms with Crippen LogP contribution in [0.4, 0.5) is 5.69 Å². The molecule has 7 nitrogen and oxygen atoms in total. The zero-order chi connectivity index (χ0) is 18.9. The summed E-state index contributed by atoms with van der Waals surface area (Å²) in [6.45, 7) is 0. The molecular weight excluding hydrogens is 338 g/mol. The predicted octanol–water partition coefficient (Wildman–Crippen LogP) is 2.62. The van der Waals surface area contributed by atoms with E-state index >= 15 is 0 Å². The molecule has 132 valence electrons. The van der Waals surface area contributed by atoms with Gasteiger partial charge in [-0.25, -0.2) is 0 Å². The molecule has 2 aromatic rings. The fourth-order valence-corrected chi connectivity index (χ4v) is 3.18. The van der Waals surface area contributed by atoms with E-state index in [4.69, 9.17) is 9.47 Å². The van der Waals surface area contributed by atoms with Gasteiger partial charge in [0, 0.05) is 12.1 Å². The zero-order valence-corrected chi connectivity index (χ0v) is 14.1. The smallest absolute Gasteiger partial charge is 0.331 e. The standard InChI is InChI=1S/C19H15NO6/c1-25-17(21)19(18(22)26-2)11-15(14-5-3-4-6-16(14)19)12-7-9-13(10-8-12)20(23)24/h3-11H,1-2H3. The zero-order valence-electron chi connectivity index (χ0n) is 14.1. The summed E-state index contributed by atoms with van der Waals surface area (Å²) in [4.78, 5) is 35.5. The molecule has 0 aliphatic heterocycles. The topological polar surface area (TPSA) is 95.7 Å². The number of benzene rings is 2. The molecule has 0 atom stereocenters. The number of ether oxygens (including phenoxy) is 2. The summed E-state index contributed by atoms with van der Waals surface area (Å²) in [5.41, 5.74) is 0.595. The molecule has 0 N–H and O–H groups in total. The van der Waals surface area contributed by atoms with Crippen LogP contribution in [0.1, 0.15) is 16.7 Å². The molecule has 2 aromatic carbocycles. The summed E-state index contributed by atoms with van der Waals surface area (Å²) in [6.07, 6.45) is 1.50. The SMILES string of the molecule is COC(=O)C1(C(=O)OC)C=C(c2ccc([N+](=O)[O-])cc2)c2ccccc21. The number of hydrogen-bond acceptors (Lipinski definition) is 6. The van der Waals surface area contributed by atoms with E-state index in [0.717, 1.165) is 0 Å². The minimum atomic E-state index is -1.71. The lowest BCUT2D eigenvalue weighted by Crippen LogP contribution is -2.42. The van der Waals surface area contributed by atoms with Gasteiger partial charge in [-0.05, 0) is 40.5 Å². The van der Waals surface area contributed by atoms with Gasteiger partial charge in [-0.3, -0.25) is 19.7 Å². The Bertz CT molecular complexity index is 913. The minimum absolute atomic E-state index is 0.0483. The number of nitrogens with zero attached hydrogens (tertiary/aromatic N) is 1. The normalized spacial score (nSPS) is 14.2. The van der Waals surface area contributed by atoms with Crippen LogP contribution >= 0.6 is 0 Å². The number of nitro groups is 1. The highest BCUT2D eigenvalue weighted by atomic mass is 16.6. The van der Waals surface area contributed by atoms with Crippen LogP contribution in [-0.2, 0) is 24.5 Å². The van der Waals surface area contributed by atoms with Crippen molar-refractivity contribution in [3.8, 4) is 0 Å². The van der Waals surface area contributed by atoms with E-state index in [2.05, 4.69) is 0 Å². The Kier molecular flexibility index (Phi) is 4.29. The van der Waals surface area contributed by atoms with Gasteiger partial charge in [-0.2, -0.15) is 0 Å². The average molecular weight is 353 g/mol. The van der Waals surface area contributed by atoms with Gasteiger partial charge in [0.05, 0.1) is 19.1 Å². The number of hydrogen-bond donors (Lipinski definition) is 0. The van der Waals surface area contributed by atoms with E-state index in [1.807, 2.05) is 0 Å². The summed E-state index contributed by atoms with van der Waals surface area (Å²) >= 11 is 0. The molecule has 1 aliphatic carbocycles. The van der Waals surface area contributed by atoms with Crippen LogP contribution in [0.3, 0.4) is 0 Å². The van der Waals surface area contributed by atoms with E-state index in [0.29, 0.717) is 22.3 Å². The Morgan fingerprint density at radius 1 is 0.962 bits per heavy atom. The first-order valence-electron chi connectivity index (χ1n) is 7.70. The van der Waals surface area contributed by atoms with Crippen molar-refractivity contribution in [2.75, 3.05) is 14.2 Å². The third kappa shape index (κ3) is 2.45. The molecule has 0 spiro atoms. The fraction of sp³-hybridized carbons (Fsp3) is 0.158. The van der Waals surface area contributed by atoms with Gasteiger partial charge in [0.1, 0.15) is 0 Å². The maximum absolute atomic E-state index is 12.6. The van der Waals surface area contributed by atoms with Gasteiger partial charge in [-0.15, -0.1) is 0 Å². The minimum Gasteiger partial charge on any atom is -0.468 e. The number of methoxy groups -OCH3 is 2. The number of rotatable bonds is 4. The summed E-state index contributed by atoms with van der Waals surface area (Å²) in [7, 11) is 2.40. The Morgan fingerprint density at radius 2 is 1.54 bits per heavy atom. The van der Waals surface area contributed by atoms with Crippen molar-refractivity contribution in [3.05, 3.63) is 81.4 Å². The maximum atomic E-state index is 12.6. The highest BCUT2D eigenvalue weighted by Gasteiger charge is 2.53. The summed E-state index contributed by atoms with van der Waals surface area (Å²) in [5, 5.41) is 10.9. The predicted molar refractivity (Wildman–Crippen MR) is 92.3 cm³/mol. The highest BCUT2D eigenvalue weighted by molar-refractivity contribution is 6.14. The second-order valence-electron chi connectivity index (χ2n) is 5.70. The maximum Gasteiger partial charge on any atom is 0.331 e. The first-order valence-corrected chi connectivity index (χ1v) is 7.70. The molecule has 3 rings (SSSR count). The summed E-state index contributed by atoms with van der Waals surface area (Å²) in [5.74, 6) is -1.51. The van der Waals surface area contributed by atoms with E-state index in [9.17, 15) is 19.7 Å². The molecular formula is C19H15NO6. The van der Waals surface area contributed by atoms with Crippen LogP contribution in [0.15, 0.2) is 54.6 Å². The second-order valence-corrected chi connectivity index (χ2v) is 5.70. The third-order valence-corrected chi connectivity index (χ3v) is 4.41. The monoisotopic (exact) mass is 353 g/mol. The van der Waals surface area contributed by atoms with Crippen LogP contribution in [0, 0.1) is 10.1 Å². The first kappa shape index (κ1) is 17.3. The van der Waals surface area contributed by atoms with Gasteiger partial charge in [0.25, 0.3) is 5.69 Å². The van der Waals surface area contributed by atoms with Crippen molar-refractivity contribution >= 4 is 23.2 Å². The molecule has 0 heterocycles. The van der Waals surface area contributed by atoms with Crippen molar-refractivity contribution in [3.63, 3.8) is 0 Å². The van der Waals surface area contributed by atoms with Gasteiger partial charge >= 0.3 is 11.9 Å². The molecule has 0 radical (unpaired) electrons. The first-order chi connectivity index (χ1) is 12.5. The number of carbonyl (C=O) groups excluding carboxylic acids is 2. The number of non-ortho nitro benzene ring substituents is 1. The van der Waals surface area contributed by atoms with Crippen LogP contribution in [-0.4, -0.2) is 31.1 Å². The molecule has 0 saturated heterocycles. The lowest BCUT2D eigenvalue weighted by atomic mass is 9.82.